The molecule has 1 aromatic carbocycles. The highest BCUT2D eigenvalue weighted by Crippen LogP contribution is 2.56. The Labute approximate surface area is 178 Å². The number of aromatic nitrogens is 3. The number of methoxy groups -OCH3 is 1. The van der Waals surface area contributed by atoms with Crippen LogP contribution in [0.2, 0.25) is 0 Å². The maximum atomic E-state index is 12.2. The lowest BCUT2D eigenvalue weighted by molar-refractivity contribution is -0.0317. The minimum Gasteiger partial charge on any atom is -0.383 e. The molecule has 2 aliphatic rings. The molecular weight excluding hydrogens is 378 g/mol. The van der Waals surface area contributed by atoms with E-state index in [9.17, 15) is 4.79 Å². The van der Waals surface area contributed by atoms with Gasteiger partial charge in [-0.3, -0.25) is 4.79 Å². The summed E-state index contributed by atoms with van der Waals surface area (Å²) in [6.45, 7) is 4.46. The first-order chi connectivity index (χ1) is 14.7. The summed E-state index contributed by atoms with van der Waals surface area (Å²) in [7, 11) is 1.62. The van der Waals surface area contributed by atoms with Crippen molar-refractivity contribution in [1.82, 2.24) is 25.2 Å². The Hall–Kier alpha value is -2.25. The monoisotopic (exact) mass is 411 g/mol. The van der Waals surface area contributed by atoms with Gasteiger partial charge in [0.05, 0.1) is 18.8 Å². The van der Waals surface area contributed by atoms with Gasteiger partial charge in [0.15, 0.2) is 5.69 Å². The van der Waals surface area contributed by atoms with Crippen molar-refractivity contribution in [2.24, 2.45) is 5.41 Å². The van der Waals surface area contributed by atoms with Crippen molar-refractivity contribution in [3.8, 4) is 0 Å². The largest absolute Gasteiger partial charge is 0.383 e. The SMILES string of the molecule is COCCNC(=O)c1cn(C2CCC23CCN(CCCc2ccccc2)CC3)nn1. The normalized spacial score (nSPS) is 20.8. The summed E-state index contributed by atoms with van der Waals surface area (Å²) in [6, 6.07) is 11.1. The highest BCUT2D eigenvalue weighted by atomic mass is 16.5. The molecule has 2 fully saturated rings. The number of nitrogens with one attached hydrogen (secondary N) is 1. The summed E-state index contributed by atoms with van der Waals surface area (Å²) in [5.41, 5.74) is 2.15. The Balaban J connectivity index is 1.25. The number of rotatable bonds is 9. The number of carbonyl (C=O) groups excluding carboxylic acids is 1. The van der Waals surface area contributed by atoms with Crippen LogP contribution in [0, 0.1) is 5.41 Å². The van der Waals surface area contributed by atoms with Crippen molar-refractivity contribution in [3.05, 3.63) is 47.8 Å². The lowest BCUT2D eigenvalue weighted by Crippen LogP contribution is -2.50. The minimum absolute atomic E-state index is 0.181. The molecule has 7 nitrogen and oxygen atoms in total. The van der Waals surface area contributed by atoms with Crippen LogP contribution < -0.4 is 5.32 Å². The van der Waals surface area contributed by atoms with Gasteiger partial charge >= 0.3 is 0 Å². The first kappa shape index (κ1) is 21.0. The highest BCUT2D eigenvalue weighted by molar-refractivity contribution is 5.91. The van der Waals surface area contributed by atoms with E-state index in [2.05, 4.69) is 50.9 Å². The van der Waals surface area contributed by atoms with Crippen molar-refractivity contribution in [3.63, 3.8) is 0 Å². The van der Waals surface area contributed by atoms with Crippen LogP contribution in [0.1, 0.15) is 54.2 Å². The van der Waals surface area contributed by atoms with Crippen molar-refractivity contribution in [2.45, 2.75) is 44.6 Å². The van der Waals surface area contributed by atoms with Gasteiger partial charge in [0, 0.05) is 13.7 Å². The van der Waals surface area contributed by atoms with Crippen LogP contribution in [0.4, 0.5) is 0 Å². The molecule has 1 atom stereocenters. The topological polar surface area (TPSA) is 72.3 Å². The first-order valence-corrected chi connectivity index (χ1v) is 11.2. The minimum atomic E-state index is -0.181. The lowest BCUT2D eigenvalue weighted by Gasteiger charge is -2.53. The summed E-state index contributed by atoms with van der Waals surface area (Å²) in [6.07, 6.45) is 8.98. The molecule has 2 aromatic rings. The fourth-order valence-electron chi connectivity index (χ4n) is 4.94. The Bertz CT molecular complexity index is 814. The van der Waals surface area contributed by atoms with Gasteiger partial charge in [-0.15, -0.1) is 5.10 Å². The third-order valence-corrected chi connectivity index (χ3v) is 6.91. The van der Waals surface area contributed by atoms with E-state index in [-0.39, 0.29) is 5.91 Å². The quantitative estimate of drug-likeness (QED) is 0.643. The van der Waals surface area contributed by atoms with Crippen LogP contribution in [-0.4, -0.2) is 65.7 Å². The number of carbonyl (C=O) groups is 1. The summed E-state index contributed by atoms with van der Waals surface area (Å²) in [5, 5.41) is 11.2. The van der Waals surface area contributed by atoms with E-state index in [4.69, 9.17) is 4.74 Å². The number of likely N-dealkylation sites (tertiary alicyclic amines) is 1. The zero-order valence-corrected chi connectivity index (χ0v) is 17.9. The average Bonchev–Trinajstić information content (AvgIpc) is 3.24. The molecule has 1 N–H and O–H groups in total. The number of amides is 1. The molecule has 1 aliphatic carbocycles. The van der Waals surface area contributed by atoms with E-state index in [0.717, 1.165) is 25.9 Å². The number of benzene rings is 1. The van der Waals surface area contributed by atoms with Gasteiger partial charge in [-0.1, -0.05) is 35.5 Å². The molecule has 1 saturated carbocycles. The van der Waals surface area contributed by atoms with Crippen molar-refractivity contribution < 1.29 is 9.53 Å². The Morgan fingerprint density at radius 3 is 2.73 bits per heavy atom. The predicted octanol–water partition coefficient (Wildman–Crippen LogP) is 2.70. The molecule has 162 valence electrons. The van der Waals surface area contributed by atoms with Gasteiger partial charge in [-0.05, 0) is 69.1 Å². The van der Waals surface area contributed by atoms with Crippen molar-refractivity contribution >= 4 is 5.91 Å². The van der Waals surface area contributed by atoms with Gasteiger partial charge in [0.2, 0.25) is 0 Å². The standard InChI is InChI=1S/C23H33N5O2/c1-30-17-13-24-22(29)20-18-28(26-25-20)21-9-10-23(21)11-15-27(16-12-23)14-5-8-19-6-3-2-4-7-19/h2-4,6-7,18,21H,5,8-17H2,1H3,(H,24,29). The average molecular weight is 412 g/mol. The second-order valence-electron chi connectivity index (χ2n) is 8.68. The second-order valence-corrected chi connectivity index (χ2v) is 8.68. The number of hydrogen-bond donors (Lipinski definition) is 1. The molecular formula is C23H33N5O2. The summed E-state index contributed by atoms with van der Waals surface area (Å²) in [5.74, 6) is -0.181. The van der Waals surface area contributed by atoms with E-state index in [1.165, 1.54) is 37.8 Å². The first-order valence-electron chi connectivity index (χ1n) is 11.2. The van der Waals surface area contributed by atoms with Crippen LogP contribution in [0.5, 0.6) is 0 Å². The number of aryl methyl sites for hydroxylation is 1. The van der Waals surface area contributed by atoms with Crippen LogP contribution in [-0.2, 0) is 11.2 Å². The zero-order valence-electron chi connectivity index (χ0n) is 17.9. The fraction of sp³-hybridized carbons (Fsp3) is 0.609. The fourth-order valence-corrected chi connectivity index (χ4v) is 4.94. The second kappa shape index (κ2) is 9.71. The number of nitrogens with zero attached hydrogens (tertiary/aromatic N) is 4. The van der Waals surface area contributed by atoms with Gasteiger partial charge < -0.3 is 15.0 Å². The number of ether oxygens (including phenoxy) is 1. The molecule has 0 bridgehead atoms. The predicted molar refractivity (Wildman–Crippen MR) is 115 cm³/mol. The van der Waals surface area contributed by atoms with Crippen molar-refractivity contribution in [1.29, 1.82) is 0 Å². The third kappa shape index (κ3) is 4.73. The van der Waals surface area contributed by atoms with E-state index in [1.807, 2.05) is 10.9 Å². The van der Waals surface area contributed by atoms with Gasteiger partial charge in [0.25, 0.3) is 5.91 Å². The molecule has 1 unspecified atom stereocenters. The molecule has 1 aliphatic heterocycles. The molecule has 1 aromatic heterocycles. The van der Waals surface area contributed by atoms with E-state index in [0.29, 0.717) is 30.3 Å². The zero-order chi connectivity index (χ0) is 20.8. The number of piperidine rings is 1. The maximum Gasteiger partial charge on any atom is 0.273 e. The Morgan fingerprint density at radius 1 is 1.23 bits per heavy atom. The summed E-state index contributed by atoms with van der Waals surface area (Å²) < 4.78 is 6.91. The van der Waals surface area contributed by atoms with E-state index < -0.39 is 0 Å². The number of hydrogen-bond acceptors (Lipinski definition) is 5. The van der Waals surface area contributed by atoms with Crippen molar-refractivity contribution in [2.75, 3.05) is 39.9 Å². The molecule has 1 amide bonds. The van der Waals surface area contributed by atoms with Gasteiger partial charge in [-0.25, -0.2) is 4.68 Å². The van der Waals surface area contributed by atoms with E-state index >= 15 is 0 Å². The summed E-state index contributed by atoms with van der Waals surface area (Å²) >= 11 is 0. The van der Waals surface area contributed by atoms with Crippen LogP contribution in [0.25, 0.3) is 0 Å². The highest BCUT2D eigenvalue weighted by Gasteiger charge is 2.49. The smallest absolute Gasteiger partial charge is 0.273 e. The molecule has 30 heavy (non-hydrogen) atoms. The van der Waals surface area contributed by atoms with E-state index in [1.54, 1.807) is 7.11 Å². The molecule has 2 heterocycles. The van der Waals surface area contributed by atoms with Crippen LogP contribution in [0.3, 0.4) is 0 Å². The van der Waals surface area contributed by atoms with Gasteiger partial charge in [0.1, 0.15) is 0 Å². The van der Waals surface area contributed by atoms with Crippen LogP contribution in [0.15, 0.2) is 36.5 Å². The molecule has 1 saturated heterocycles. The third-order valence-electron chi connectivity index (χ3n) is 6.91. The Kier molecular flexibility index (Phi) is 6.79. The molecule has 4 rings (SSSR count). The maximum absolute atomic E-state index is 12.2. The lowest BCUT2D eigenvalue weighted by atomic mass is 9.59. The van der Waals surface area contributed by atoms with Crippen LogP contribution >= 0.6 is 0 Å². The molecule has 0 radical (unpaired) electrons. The van der Waals surface area contributed by atoms with Gasteiger partial charge in [-0.2, -0.15) is 0 Å². The molecule has 1 spiro atoms. The Morgan fingerprint density at radius 2 is 2.03 bits per heavy atom. The summed E-state index contributed by atoms with van der Waals surface area (Å²) in [4.78, 5) is 14.8. The molecule has 7 heteroatoms.